The molecule has 0 aromatic carbocycles. The molecule has 0 bridgehead atoms. The molecule has 9 heteroatoms. The van der Waals surface area contributed by atoms with Crippen LogP contribution in [0.4, 0.5) is 5.82 Å². The van der Waals surface area contributed by atoms with Gasteiger partial charge in [0, 0.05) is 74.3 Å². The number of aromatic nitrogens is 5. The number of nitrogens with two attached hydrogens (primary N) is 1. The number of anilines is 1. The number of Topliss-reactive ketones (excluding diaryl/α,β-unsaturated/α-hetero) is 1. The number of rotatable bonds is 7. The molecule has 0 amide bonds. The molecule has 7 nitrogen and oxygen atoms in total. The number of ketones is 1. The Morgan fingerprint density at radius 1 is 0.562 bits per heavy atom. The van der Waals surface area contributed by atoms with E-state index in [9.17, 15) is 4.79 Å². The van der Waals surface area contributed by atoms with Crippen LogP contribution in [0.2, 0.25) is 39.3 Å². The van der Waals surface area contributed by atoms with Crippen molar-refractivity contribution in [3.8, 4) is 35.3 Å². The molecule has 5 aromatic heterocycles. The number of carbonyl (C=O) groups excluding carboxylic acids is 1. The minimum atomic E-state index is -1.26. The molecule has 5 heterocycles. The summed E-state index contributed by atoms with van der Waals surface area (Å²) in [7, 11) is -2.49. The smallest absolute Gasteiger partial charge is 0.140 e. The van der Waals surface area contributed by atoms with Gasteiger partial charge in [0.05, 0.1) is 11.4 Å². The molecule has 0 unspecified atom stereocenters. The molecule has 0 saturated heterocycles. The number of imidazole rings is 2. The van der Waals surface area contributed by atoms with Crippen molar-refractivity contribution in [1.29, 1.82) is 0 Å². The molecule has 0 aliphatic carbocycles. The van der Waals surface area contributed by atoms with Crippen molar-refractivity contribution in [2.24, 2.45) is 5.92 Å². The van der Waals surface area contributed by atoms with Crippen LogP contribution in [0, 0.1) is 138 Å². The van der Waals surface area contributed by atoms with Gasteiger partial charge in [-0.15, -0.1) is 35.3 Å². The number of nitrogens with zero attached hydrogens (tertiary/aromatic N) is 5. The van der Waals surface area contributed by atoms with Gasteiger partial charge in [0.25, 0.3) is 0 Å². The van der Waals surface area contributed by atoms with E-state index in [2.05, 4.69) is 165 Å². The number of pyridine rings is 3. The summed E-state index contributed by atoms with van der Waals surface area (Å²) >= 11 is 0. The highest BCUT2D eigenvalue weighted by molar-refractivity contribution is 6.84. The molecule has 0 atom stereocenters. The molecule has 2 N–H and O–H groups in total. The minimum Gasteiger partial charge on any atom is -0.383 e. The van der Waals surface area contributed by atoms with Crippen LogP contribution in [0.15, 0.2) is 0 Å². The monoisotopic (exact) mass is 902 g/mol. The lowest BCUT2D eigenvalue weighted by Gasteiger charge is -2.12. The highest BCUT2D eigenvalue weighted by Gasteiger charge is 2.17. The number of fused-ring (bicyclic) bond motifs is 2. The number of terminal acetylenes is 1. The largest absolute Gasteiger partial charge is 0.383 e. The van der Waals surface area contributed by atoms with Crippen LogP contribution in [0.3, 0.4) is 0 Å². The summed E-state index contributed by atoms with van der Waals surface area (Å²) in [5.74, 6) is 10.3. The van der Waals surface area contributed by atoms with E-state index < -0.39 is 16.1 Å². The zero-order valence-electron chi connectivity index (χ0n) is 44.1. The molecular weight excluding hydrogens is 817 g/mol. The van der Waals surface area contributed by atoms with Crippen LogP contribution >= 0.6 is 0 Å². The van der Waals surface area contributed by atoms with E-state index in [1.165, 1.54) is 73.0 Å². The molecule has 5 aromatic rings. The molecule has 0 aliphatic heterocycles. The van der Waals surface area contributed by atoms with Crippen LogP contribution in [0.25, 0.3) is 11.3 Å². The summed E-state index contributed by atoms with van der Waals surface area (Å²) < 4.78 is 4.59. The predicted molar refractivity (Wildman–Crippen MR) is 284 cm³/mol. The predicted octanol–water partition coefficient (Wildman–Crippen LogP) is 13.1. The zero-order valence-corrected chi connectivity index (χ0v) is 46.1. The Hall–Kier alpha value is -4.89. The standard InChI is InChI=1S/C19H28N2Si.C16H20N2.C11H20OSi.C9H14N2.H2/c1-13-14(2)16(4)21-17(5)18(20-19(21)15(13)3)11-9-10-12-22(6,7)8;1-7-8-9-15-14(6)18-13(5)11(3)10(2)12(4)16(18)17-15;1-10(2)11(12)8-6-7-9-13(3,4)5;1-5-6(2)8(4)11-9(10)7(5)3;/h9,11H2,1-8H3;1H,8-9H2,2-6H3;10H,6,8H2,1-5H3;1-4H3,(H2,10,11);1H/i;;;;1+1. The third-order valence-corrected chi connectivity index (χ3v) is 14.3. The average Bonchev–Trinajstić information content (AvgIpc) is 3.73. The maximum atomic E-state index is 11.2. The number of aryl methyl sites for hydroxylation is 9. The maximum absolute atomic E-state index is 11.2. The Balaban J connectivity index is 0.000000446. The van der Waals surface area contributed by atoms with Gasteiger partial charge in [0.2, 0.25) is 0 Å². The van der Waals surface area contributed by atoms with Gasteiger partial charge in [0.15, 0.2) is 0 Å². The number of carbonyl (C=O) groups is 1. The van der Waals surface area contributed by atoms with Crippen molar-refractivity contribution in [3.05, 3.63) is 89.9 Å². The summed E-state index contributed by atoms with van der Waals surface area (Å²) in [4.78, 5) is 25.1. The van der Waals surface area contributed by atoms with Gasteiger partial charge in [-0.2, -0.15) is 0 Å². The SMILES string of the molecule is C#CCCc1nc2c(C)c(C)c(C)c(C)n2c1C.CC(C)C(=O)CCC#C[Si](C)(C)C.Cc1c(C)c(C)n2c(C)c(CCC#C[Si](C)(C)C)nc2c1C.Cc1nc(N)c(C)c(C)c1C.[2HH]. The van der Waals surface area contributed by atoms with E-state index in [0.29, 0.717) is 18.0 Å². The van der Waals surface area contributed by atoms with E-state index in [0.717, 1.165) is 60.3 Å². The first-order chi connectivity index (χ1) is 29.5. The normalized spacial score (nSPS) is 11.0. The van der Waals surface area contributed by atoms with Crippen LogP contribution < -0.4 is 5.73 Å². The molecule has 0 saturated carbocycles. The van der Waals surface area contributed by atoms with Gasteiger partial charge in [-0.1, -0.05) is 53.1 Å². The number of nitrogen functional groups attached to an aromatic ring is 1. The first-order valence-electron chi connectivity index (χ1n) is 23.0. The fraction of sp³-hybridized carbons (Fsp3) is 0.527. The van der Waals surface area contributed by atoms with Crippen LogP contribution in [0.5, 0.6) is 0 Å². The van der Waals surface area contributed by atoms with Gasteiger partial charge in [-0.3, -0.25) is 4.79 Å². The van der Waals surface area contributed by atoms with E-state index in [4.69, 9.17) is 22.1 Å². The van der Waals surface area contributed by atoms with Crippen LogP contribution in [0.1, 0.15) is 131 Å². The Labute approximate surface area is 392 Å². The van der Waals surface area contributed by atoms with Crippen molar-refractivity contribution in [2.75, 3.05) is 5.73 Å². The molecule has 5 rings (SSSR count). The van der Waals surface area contributed by atoms with E-state index in [-0.39, 0.29) is 7.34 Å². The first kappa shape index (κ1) is 55.2. The molecule has 0 radical (unpaired) electrons. The molecule has 348 valence electrons. The Morgan fingerprint density at radius 3 is 1.34 bits per heavy atom. The van der Waals surface area contributed by atoms with Gasteiger partial charge in [0.1, 0.15) is 39.0 Å². The third-order valence-electron chi connectivity index (χ3n) is 12.5. The lowest BCUT2D eigenvalue weighted by atomic mass is 10.0. The molecule has 0 spiro atoms. The van der Waals surface area contributed by atoms with Crippen molar-refractivity contribution < 1.29 is 6.22 Å². The average molecular weight is 902 g/mol. The lowest BCUT2D eigenvalue weighted by Crippen LogP contribution is -2.16. The Kier molecular flexibility index (Phi) is 20.2. The molecule has 64 heavy (non-hydrogen) atoms. The van der Waals surface area contributed by atoms with Gasteiger partial charge in [-0.25, -0.2) is 15.0 Å². The topological polar surface area (TPSA) is 90.6 Å². The quantitative estimate of drug-likeness (QED) is 0.130. The first-order valence-corrected chi connectivity index (χ1v) is 30.0. The van der Waals surface area contributed by atoms with Gasteiger partial charge in [-0.05, 0) is 147 Å². The second kappa shape index (κ2) is 23.3. The van der Waals surface area contributed by atoms with Crippen LogP contribution in [-0.4, -0.2) is 45.7 Å². The fourth-order valence-corrected chi connectivity index (χ4v) is 8.57. The summed E-state index contributed by atoms with van der Waals surface area (Å²) in [5.41, 5.74) is 34.6. The summed E-state index contributed by atoms with van der Waals surface area (Å²) in [6.45, 7) is 47.3. The molecular formula is C55H84N6OSi2. The fourth-order valence-electron chi connectivity index (χ4n) is 7.26. The van der Waals surface area contributed by atoms with Crippen molar-refractivity contribution in [1.82, 2.24) is 23.8 Å². The zero-order chi connectivity index (χ0) is 49.2. The minimum absolute atomic E-state index is 0. The number of hydrogen-bond acceptors (Lipinski definition) is 5. The van der Waals surface area contributed by atoms with Crippen molar-refractivity contribution in [3.63, 3.8) is 0 Å². The van der Waals surface area contributed by atoms with Gasteiger partial charge < -0.3 is 14.5 Å². The Bertz CT molecular complexity index is 2630. The van der Waals surface area contributed by atoms with Crippen LogP contribution in [-0.2, 0) is 17.6 Å². The Morgan fingerprint density at radius 2 is 0.953 bits per heavy atom. The second-order valence-electron chi connectivity index (χ2n) is 19.9. The lowest BCUT2D eigenvalue weighted by molar-refractivity contribution is -0.121. The third kappa shape index (κ3) is 14.6. The highest BCUT2D eigenvalue weighted by atomic mass is 28.3. The number of hydrogen-bond donors (Lipinski definition) is 1. The highest BCUT2D eigenvalue weighted by Crippen LogP contribution is 2.27. The summed E-state index contributed by atoms with van der Waals surface area (Å²) in [6, 6.07) is 0. The van der Waals surface area contributed by atoms with Crippen molar-refractivity contribution >= 4 is 39.0 Å². The van der Waals surface area contributed by atoms with E-state index >= 15 is 0 Å². The molecule has 0 aliphatic rings. The summed E-state index contributed by atoms with van der Waals surface area (Å²) in [5, 5.41) is 0. The van der Waals surface area contributed by atoms with E-state index in [1.807, 2.05) is 27.7 Å². The van der Waals surface area contributed by atoms with Gasteiger partial charge >= 0.3 is 0 Å². The second-order valence-corrected chi connectivity index (χ2v) is 29.4. The van der Waals surface area contributed by atoms with Crippen molar-refractivity contribution in [2.45, 2.75) is 189 Å². The summed E-state index contributed by atoms with van der Waals surface area (Å²) in [6.07, 6.45) is 10.2. The van der Waals surface area contributed by atoms with E-state index in [1.54, 1.807) is 0 Å². The maximum Gasteiger partial charge on any atom is 0.140 e. The molecule has 0 fully saturated rings.